The molecule has 0 saturated heterocycles. The summed E-state index contributed by atoms with van der Waals surface area (Å²) in [6.45, 7) is 4.69. The lowest BCUT2D eigenvalue weighted by Gasteiger charge is -2.20. The number of thioether (sulfide) groups is 1. The first kappa shape index (κ1) is 14.6. The molecule has 0 N–H and O–H groups in total. The standard InChI is InChI=1S/C16H18N2OS/c1-3-18(14-8-6-10-17-11-14)16(19)12-20-15-9-5-4-7-13(15)2/h4-11H,3,12H2,1-2H3. The van der Waals surface area contributed by atoms with E-state index in [2.05, 4.69) is 18.0 Å². The molecule has 2 aromatic rings. The average molecular weight is 286 g/mol. The summed E-state index contributed by atoms with van der Waals surface area (Å²) >= 11 is 1.58. The van der Waals surface area contributed by atoms with Crippen molar-refractivity contribution in [3.05, 3.63) is 54.4 Å². The zero-order valence-corrected chi connectivity index (χ0v) is 12.6. The van der Waals surface area contributed by atoms with E-state index < -0.39 is 0 Å². The van der Waals surface area contributed by atoms with E-state index in [1.165, 1.54) is 5.56 Å². The smallest absolute Gasteiger partial charge is 0.237 e. The Hall–Kier alpha value is -1.81. The van der Waals surface area contributed by atoms with E-state index in [9.17, 15) is 4.79 Å². The van der Waals surface area contributed by atoms with Crippen molar-refractivity contribution in [3.63, 3.8) is 0 Å². The molecule has 3 nitrogen and oxygen atoms in total. The summed E-state index contributed by atoms with van der Waals surface area (Å²) < 4.78 is 0. The Bertz CT molecular complexity index is 572. The number of rotatable bonds is 5. The molecule has 1 amide bonds. The highest BCUT2D eigenvalue weighted by atomic mass is 32.2. The molecule has 0 bridgehead atoms. The number of hydrogen-bond donors (Lipinski definition) is 0. The van der Waals surface area contributed by atoms with E-state index >= 15 is 0 Å². The van der Waals surface area contributed by atoms with Gasteiger partial charge in [-0.2, -0.15) is 0 Å². The normalized spacial score (nSPS) is 10.3. The zero-order chi connectivity index (χ0) is 14.4. The minimum absolute atomic E-state index is 0.105. The second-order valence-corrected chi connectivity index (χ2v) is 5.42. The highest BCUT2D eigenvalue weighted by Gasteiger charge is 2.14. The van der Waals surface area contributed by atoms with Crippen molar-refractivity contribution in [1.82, 2.24) is 4.98 Å². The number of nitrogens with zero attached hydrogens (tertiary/aromatic N) is 2. The number of aromatic nitrogens is 1. The van der Waals surface area contributed by atoms with Gasteiger partial charge in [0.2, 0.25) is 5.91 Å². The summed E-state index contributed by atoms with van der Waals surface area (Å²) in [5, 5.41) is 0. The summed E-state index contributed by atoms with van der Waals surface area (Å²) in [5.74, 6) is 0.543. The number of hydrogen-bond acceptors (Lipinski definition) is 3. The van der Waals surface area contributed by atoms with Gasteiger partial charge in [-0.1, -0.05) is 18.2 Å². The molecule has 104 valence electrons. The van der Waals surface area contributed by atoms with Crippen LogP contribution in [0.15, 0.2) is 53.7 Å². The van der Waals surface area contributed by atoms with E-state index in [4.69, 9.17) is 0 Å². The molecule has 1 aromatic heterocycles. The van der Waals surface area contributed by atoms with Crippen molar-refractivity contribution in [3.8, 4) is 0 Å². The second-order valence-electron chi connectivity index (χ2n) is 4.40. The molecule has 0 saturated carbocycles. The van der Waals surface area contributed by atoms with Crippen LogP contribution in [0.1, 0.15) is 12.5 Å². The molecule has 0 fully saturated rings. The molecule has 1 aromatic carbocycles. The van der Waals surface area contributed by atoms with Gasteiger partial charge in [0.15, 0.2) is 0 Å². The van der Waals surface area contributed by atoms with Crippen LogP contribution < -0.4 is 4.90 Å². The zero-order valence-electron chi connectivity index (χ0n) is 11.7. The van der Waals surface area contributed by atoms with Gasteiger partial charge in [0.05, 0.1) is 17.6 Å². The van der Waals surface area contributed by atoms with Crippen LogP contribution in [0.2, 0.25) is 0 Å². The van der Waals surface area contributed by atoms with E-state index in [0.29, 0.717) is 12.3 Å². The van der Waals surface area contributed by atoms with Crippen molar-refractivity contribution in [1.29, 1.82) is 0 Å². The van der Waals surface area contributed by atoms with Crippen LogP contribution in [0, 0.1) is 6.92 Å². The Balaban J connectivity index is 2.02. The van der Waals surface area contributed by atoms with E-state index in [1.807, 2.05) is 37.3 Å². The third-order valence-electron chi connectivity index (χ3n) is 3.02. The highest BCUT2D eigenvalue weighted by Crippen LogP contribution is 2.23. The SMILES string of the molecule is CCN(C(=O)CSc1ccccc1C)c1cccnc1. The van der Waals surface area contributed by atoms with Gasteiger partial charge in [-0.15, -0.1) is 11.8 Å². The topological polar surface area (TPSA) is 33.2 Å². The Morgan fingerprint density at radius 2 is 2.05 bits per heavy atom. The van der Waals surface area contributed by atoms with Crippen molar-refractivity contribution in [2.24, 2.45) is 0 Å². The molecule has 0 unspecified atom stereocenters. The molecule has 0 spiro atoms. The fourth-order valence-electron chi connectivity index (χ4n) is 1.95. The molecule has 1 heterocycles. The maximum Gasteiger partial charge on any atom is 0.237 e. The first-order valence-corrected chi connectivity index (χ1v) is 7.59. The largest absolute Gasteiger partial charge is 0.310 e. The molecule has 0 radical (unpaired) electrons. The summed E-state index contributed by atoms with van der Waals surface area (Å²) in [4.78, 5) is 19.3. The predicted molar refractivity (Wildman–Crippen MR) is 84.2 cm³/mol. The lowest BCUT2D eigenvalue weighted by atomic mass is 10.2. The van der Waals surface area contributed by atoms with Crippen LogP contribution in [-0.4, -0.2) is 23.2 Å². The average Bonchev–Trinajstić information content (AvgIpc) is 2.48. The number of amides is 1. The molecule has 0 aliphatic heterocycles. The van der Waals surface area contributed by atoms with Gasteiger partial charge in [0.1, 0.15) is 0 Å². The second kappa shape index (κ2) is 7.10. The lowest BCUT2D eigenvalue weighted by molar-refractivity contribution is -0.116. The minimum atomic E-state index is 0.105. The van der Waals surface area contributed by atoms with Crippen molar-refractivity contribution in [2.75, 3.05) is 17.2 Å². The minimum Gasteiger partial charge on any atom is -0.310 e. The first-order valence-electron chi connectivity index (χ1n) is 6.61. The molecule has 0 aliphatic carbocycles. The van der Waals surface area contributed by atoms with Gasteiger partial charge in [-0.3, -0.25) is 9.78 Å². The molecular weight excluding hydrogens is 268 g/mol. The van der Waals surface area contributed by atoms with Crippen LogP contribution in [0.4, 0.5) is 5.69 Å². The molecule has 0 atom stereocenters. The molecular formula is C16H18N2OS. The first-order chi connectivity index (χ1) is 9.72. The number of aryl methyl sites for hydroxylation is 1. The Labute approximate surface area is 124 Å². The Morgan fingerprint density at radius 3 is 2.70 bits per heavy atom. The van der Waals surface area contributed by atoms with Gasteiger partial charge in [0, 0.05) is 17.6 Å². The maximum atomic E-state index is 12.3. The number of carbonyl (C=O) groups excluding carboxylic acids is 1. The van der Waals surface area contributed by atoms with Crippen LogP contribution >= 0.6 is 11.8 Å². The van der Waals surface area contributed by atoms with Crippen LogP contribution in [-0.2, 0) is 4.79 Å². The van der Waals surface area contributed by atoms with Crippen molar-refractivity contribution >= 4 is 23.4 Å². The molecule has 2 rings (SSSR count). The monoisotopic (exact) mass is 286 g/mol. The third kappa shape index (κ3) is 3.61. The fraction of sp³-hybridized carbons (Fsp3) is 0.250. The summed E-state index contributed by atoms with van der Waals surface area (Å²) in [7, 11) is 0. The summed E-state index contributed by atoms with van der Waals surface area (Å²) in [6.07, 6.45) is 3.43. The molecule has 0 aliphatic rings. The van der Waals surface area contributed by atoms with Crippen LogP contribution in [0.5, 0.6) is 0 Å². The van der Waals surface area contributed by atoms with Gasteiger partial charge < -0.3 is 4.90 Å². The van der Waals surface area contributed by atoms with Crippen molar-refractivity contribution in [2.45, 2.75) is 18.7 Å². The van der Waals surface area contributed by atoms with E-state index in [0.717, 1.165) is 10.6 Å². The summed E-state index contributed by atoms with van der Waals surface area (Å²) in [5.41, 5.74) is 2.06. The van der Waals surface area contributed by atoms with E-state index in [-0.39, 0.29) is 5.91 Å². The van der Waals surface area contributed by atoms with Gasteiger partial charge >= 0.3 is 0 Å². The van der Waals surface area contributed by atoms with Gasteiger partial charge in [-0.25, -0.2) is 0 Å². The van der Waals surface area contributed by atoms with E-state index in [1.54, 1.807) is 29.1 Å². The summed E-state index contributed by atoms with van der Waals surface area (Å²) in [6, 6.07) is 11.9. The van der Waals surface area contributed by atoms with Crippen LogP contribution in [0.25, 0.3) is 0 Å². The highest BCUT2D eigenvalue weighted by molar-refractivity contribution is 8.00. The number of carbonyl (C=O) groups is 1. The number of benzene rings is 1. The maximum absolute atomic E-state index is 12.3. The Kier molecular flexibility index (Phi) is 5.18. The van der Waals surface area contributed by atoms with Crippen molar-refractivity contribution < 1.29 is 4.79 Å². The van der Waals surface area contributed by atoms with Gasteiger partial charge in [0.25, 0.3) is 0 Å². The molecule has 20 heavy (non-hydrogen) atoms. The predicted octanol–water partition coefficient (Wildman–Crippen LogP) is 3.54. The quantitative estimate of drug-likeness (QED) is 0.788. The van der Waals surface area contributed by atoms with Gasteiger partial charge in [-0.05, 0) is 37.6 Å². The third-order valence-corrected chi connectivity index (χ3v) is 4.18. The molecule has 4 heteroatoms. The Morgan fingerprint density at radius 1 is 1.25 bits per heavy atom. The van der Waals surface area contributed by atoms with Crippen LogP contribution in [0.3, 0.4) is 0 Å². The number of pyridine rings is 1. The fourth-order valence-corrected chi connectivity index (χ4v) is 2.86. The lowest BCUT2D eigenvalue weighted by Crippen LogP contribution is -2.32. The number of anilines is 1.